The van der Waals surface area contributed by atoms with Crippen LogP contribution in [0.15, 0.2) is 47.6 Å². The topological polar surface area (TPSA) is 75.8 Å². The molecule has 0 bridgehead atoms. The van der Waals surface area contributed by atoms with Crippen LogP contribution in [0.5, 0.6) is 5.75 Å². The summed E-state index contributed by atoms with van der Waals surface area (Å²) in [5.41, 5.74) is 7.20. The Bertz CT molecular complexity index is 735. The van der Waals surface area contributed by atoms with E-state index in [2.05, 4.69) is 20.0 Å². The van der Waals surface area contributed by atoms with E-state index in [0.29, 0.717) is 12.2 Å². The van der Waals surface area contributed by atoms with Crippen molar-refractivity contribution in [1.82, 2.24) is 4.98 Å². The summed E-state index contributed by atoms with van der Waals surface area (Å²) in [5, 5.41) is 2.81. The summed E-state index contributed by atoms with van der Waals surface area (Å²) in [5.74, 6) is 0.616. The number of hydrogen-bond acceptors (Lipinski definition) is 4. The first-order valence-corrected chi connectivity index (χ1v) is 7.28. The third-order valence-electron chi connectivity index (χ3n) is 3.07. The average Bonchev–Trinajstić information content (AvgIpc) is 2.53. The number of nitrogens with zero attached hydrogens (tertiary/aromatic N) is 3. The highest BCUT2D eigenvalue weighted by Gasteiger charge is 2.30. The fourth-order valence-corrected chi connectivity index (χ4v) is 2.05. The zero-order valence-electron chi connectivity index (χ0n) is 14.1. The minimum atomic E-state index is -4.72. The highest BCUT2D eigenvalue weighted by Crippen LogP contribution is 2.24. The van der Waals surface area contributed by atoms with Crippen LogP contribution in [0.25, 0.3) is 0 Å². The number of pyridine rings is 1. The van der Waals surface area contributed by atoms with Gasteiger partial charge in [-0.05, 0) is 30.3 Å². The third kappa shape index (κ3) is 6.94. The standard InChI is InChI=1S/C16H18F3N5O.HI/c1-24(2)14-11(4-3-9-21-14)10-22-15(20)23-12-5-7-13(8-6-12)25-16(17,18)19;/h3-9H,10H2,1-2H3,(H3,20,22,23);1H. The maximum Gasteiger partial charge on any atom is 0.573 e. The van der Waals surface area contributed by atoms with E-state index in [0.717, 1.165) is 11.4 Å². The van der Waals surface area contributed by atoms with Crippen molar-refractivity contribution in [2.24, 2.45) is 10.7 Å². The Kier molecular flexibility index (Phi) is 7.93. The molecule has 10 heteroatoms. The molecular weight excluding hydrogens is 462 g/mol. The van der Waals surface area contributed by atoms with Gasteiger partial charge in [0.2, 0.25) is 0 Å². The summed E-state index contributed by atoms with van der Waals surface area (Å²) in [6, 6.07) is 8.91. The molecule has 0 atom stereocenters. The molecule has 0 spiro atoms. The molecule has 0 fully saturated rings. The lowest BCUT2D eigenvalue weighted by Gasteiger charge is -2.14. The maximum atomic E-state index is 12.1. The predicted molar refractivity (Wildman–Crippen MR) is 106 cm³/mol. The summed E-state index contributed by atoms with van der Waals surface area (Å²) in [6.07, 6.45) is -3.03. The van der Waals surface area contributed by atoms with Crippen LogP contribution in [0.3, 0.4) is 0 Å². The molecule has 26 heavy (non-hydrogen) atoms. The molecule has 0 aliphatic rings. The first kappa shape index (κ1) is 21.8. The Balaban J connectivity index is 0.00000338. The van der Waals surface area contributed by atoms with Crippen molar-refractivity contribution < 1.29 is 17.9 Å². The van der Waals surface area contributed by atoms with Gasteiger partial charge in [0.25, 0.3) is 0 Å². The minimum Gasteiger partial charge on any atom is -0.406 e. The van der Waals surface area contributed by atoms with E-state index in [1.54, 1.807) is 12.3 Å². The largest absolute Gasteiger partial charge is 0.573 e. The van der Waals surface area contributed by atoms with Gasteiger partial charge in [0.15, 0.2) is 5.96 Å². The number of alkyl halides is 3. The monoisotopic (exact) mass is 481 g/mol. The number of aromatic nitrogens is 1. The van der Waals surface area contributed by atoms with Crippen molar-refractivity contribution in [2.75, 3.05) is 24.3 Å². The molecule has 0 radical (unpaired) electrons. The van der Waals surface area contributed by atoms with Crippen LogP contribution in [-0.2, 0) is 6.54 Å². The minimum absolute atomic E-state index is 0. The number of benzene rings is 1. The van der Waals surface area contributed by atoms with E-state index in [4.69, 9.17) is 5.73 Å². The van der Waals surface area contributed by atoms with Gasteiger partial charge in [0.1, 0.15) is 11.6 Å². The fourth-order valence-electron chi connectivity index (χ4n) is 2.05. The van der Waals surface area contributed by atoms with Crippen LogP contribution >= 0.6 is 24.0 Å². The van der Waals surface area contributed by atoms with E-state index in [9.17, 15) is 13.2 Å². The summed E-state index contributed by atoms with van der Waals surface area (Å²) >= 11 is 0. The molecule has 6 nitrogen and oxygen atoms in total. The van der Waals surface area contributed by atoms with Crippen LogP contribution < -0.4 is 20.7 Å². The van der Waals surface area contributed by atoms with Crippen molar-refractivity contribution in [3.8, 4) is 5.75 Å². The van der Waals surface area contributed by atoms with Crippen LogP contribution in [0, 0.1) is 0 Å². The van der Waals surface area contributed by atoms with E-state index < -0.39 is 6.36 Å². The molecule has 0 saturated carbocycles. The fraction of sp³-hybridized carbons (Fsp3) is 0.250. The number of nitrogens with two attached hydrogens (primary N) is 1. The number of halogens is 4. The Labute approximate surface area is 166 Å². The highest BCUT2D eigenvalue weighted by molar-refractivity contribution is 14.0. The van der Waals surface area contributed by atoms with Crippen molar-refractivity contribution in [2.45, 2.75) is 12.9 Å². The summed E-state index contributed by atoms with van der Waals surface area (Å²) in [4.78, 5) is 10.4. The van der Waals surface area contributed by atoms with Crippen LogP contribution in [0.2, 0.25) is 0 Å². The number of hydrogen-bond donors (Lipinski definition) is 2. The van der Waals surface area contributed by atoms with E-state index >= 15 is 0 Å². The SMILES string of the molecule is CN(C)c1ncccc1CN=C(N)Nc1ccc(OC(F)(F)F)cc1.I. The second-order valence-electron chi connectivity index (χ2n) is 5.28. The van der Waals surface area contributed by atoms with Crippen molar-refractivity contribution in [3.05, 3.63) is 48.2 Å². The quantitative estimate of drug-likeness (QED) is 0.388. The van der Waals surface area contributed by atoms with Crippen LogP contribution in [0.4, 0.5) is 24.7 Å². The molecule has 142 valence electrons. The highest BCUT2D eigenvalue weighted by atomic mass is 127. The lowest BCUT2D eigenvalue weighted by atomic mass is 10.2. The molecular formula is C16H19F3IN5O. The Hall–Kier alpha value is -2.24. The van der Waals surface area contributed by atoms with Gasteiger partial charge in [0.05, 0.1) is 6.54 Å². The van der Waals surface area contributed by atoms with E-state index in [1.807, 2.05) is 25.1 Å². The summed E-state index contributed by atoms with van der Waals surface area (Å²) in [7, 11) is 3.75. The molecule has 0 unspecified atom stereocenters. The van der Waals surface area contributed by atoms with Crippen molar-refractivity contribution in [3.63, 3.8) is 0 Å². The third-order valence-corrected chi connectivity index (χ3v) is 3.07. The Morgan fingerprint density at radius 1 is 1.23 bits per heavy atom. The molecule has 3 N–H and O–H groups in total. The first-order chi connectivity index (χ1) is 11.7. The summed E-state index contributed by atoms with van der Waals surface area (Å²) in [6.45, 7) is 0.315. The zero-order valence-corrected chi connectivity index (χ0v) is 16.4. The lowest BCUT2D eigenvalue weighted by molar-refractivity contribution is -0.274. The van der Waals surface area contributed by atoms with Crippen molar-refractivity contribution in [1.29, 1.82) is 0 Å². The molecule has 0 saturated heterocycles. The number of rotatable bonds is 5. The van der Waals surface area contributed by atoms with Gasteiger partial charge >= 0.3 is 6.36 Å². The van der Waals surface area contributed by atoms with Gasteiger partial charge in [-0.15, -0.1) is 37.1 Å². The molecule has 1 aromatic carbocycles. The first-order valence-electron chi connectivity index (χ1n) is 7.28. The Morgan fingerprint density at radius 3 is 2.46 bits per heavy atom. The normalized spacial score (nSPS) is 11.5. The molecule has 0 aliphatic carbocycles. The van der Waals surface area contributed by atoms with Gasteiger partial charge in [-0.25, -0.2) is 9.98 Å². The molecule has 0 aliphatic heterocycles. The van der Waals surface area contributed by atoms with Gasteiger partial charge in [-0.3, -0.25) is 0 Å². The number of aliphatic imine (C=N–C) groups is 1. The van der Waals surface area contributed by atoms with Gasteiger partial charge < -0.3 is 20.7 Å². The second-order valence-corrected chi connectivity index (χ2v) is 5.28. The van der Waals surface area contributed by atoms with Crippen molar-refractivity contribution >= 4 is 41.4 Å². The molecule has 0 amide bonds. The summed E-state index contributed by atoms with van der Waals surface area (Å²) < 4.78 is 40.2. The number of guanidine groups is 1. The van der Waals surface area contributed by atoms with Crippen LogP contribution in [0.1, 0.15) is 5.56 Å². The van der Waals surface area contributed by atoms with Gasteiger partial charge in [-0.2, -0.15) is 0 Å². The van der Waals surface area contributed by atoms with E-state index in [1.165, 1.54) is 24.3 Å². The zero-order chi connectivity index (χ0) is 18.4. The Morgan fingerprint density at radius 2 is 1.88 bits per heavy atom. The number of ether oxygens (including phenoxy) is 1. The average molecular weight is 481 g/mol. The molecule has 1 heterocycles. The maximum absolute atomic E-state index is 12.1. The van der Waals surface area contributed by atoms with Crippen LogP contribution in [-0.4, -0.2) is 31.4 Å². The number of nitrogens with one attached hydrogen (secondary N) is 1. The lowest BCUT2D eigenvalue weighted by Crippen LogP contribution is -2.23. The molecule has 2 rings (SSSR count). The smallest absolute Gasteiger partial charge is 0.406 e. The van der Waals surface area contributed by atoms with Gasteiger partial charge in [0, 0.05) is 31.5 Å². The van der Waals surface area contributed by atoms with E-state index in [-0.39, 0.29) is 35.7 Å². The molecule has 2 aromatic rings. The predicted octanol–water partition coefficient (Wildman–Crippen LogP) is 3.59. The second kappa shape index (κ2) is 9.46. The number of anilines is 2. The molecule has 1 aromatic heterocycles. The van der Waals surface area contributed by atoms with Gasteiger partial charge in [-0.1, -0.05) is 6.07 Å².